The summed E-state index contributed by atoms with van der Waals surface area (Å²) in [6.45, 7) is 0.588. The Kier molecular flexibility index (Phi) is 5.40. The molecule has 8 heteroatoms. The molecule has 2 aromatic heterocycles. The molecule has 0 aliphatic heterocycles. The van der Waals surface area contributed by atoms with E-state index in [4.69, 9.17) is 9.47 Å². The van der Waals surface area contributed by atoms with E-state index in [2.05, 4.69) is 26.3 Å². The SMILES string of the molecule is COc1ccc(C(=O)Nc2ccnn2Cc2cc(Br)cs2)cc1OC. The number of benzene rings is 1. The van der Waals surface area contributed by atoms with E-state index in [9.17, 15) is 4.79 Å². The van der Waals surface area contributed by atoms with Crippen molar-refractivity contribution in [3.8, 4) is 11.5 Å². The lowest BCUT2D eigenvalue weighted by molar-refractivity contribution is 0.102. The lowest BCUT2D eigenvalue weighted by Gasteiger charge is -2.11. The van der Waals surface area contributed by atoms with Gasteiger partial charge < -0.3 is 14.8 Å². The van der Waals surface area contributed by atoms with E-state index in [1.165, 1.54) is 7.11 Å². The second-order valence-corrected chi connectivity index (χ2v) is 7.04. The molecule has 2 heterocycles. The molecule has 0 saturated carbocycles. The van der Waals surface area contributed by atoms with Crippen LogP contribution in [0.4, 0.5) is 5.82 Å². The maximum Gasteiger partial charge on any atom is 0.256 e. The van der Waals surface area contributed by atoms with Gasteiger partial charge in [0, 0.05) is 26.4 Å². The number of nitrogens with zero attached hydrogens (tertiary/aromatic N) is 2. The van der Waals surface area contributed by atoms with Crippen LogP contribution in [-0.4, -0.2) is 29.9 Å². The fraction of sp³-hybridized carbons (Fsp3) is 0.176. The van der Waals surface area contributed by atoms with Gasteiger partial charge in [0.25, 0.3) is 5.91 Å². The summed E-state index contributed by atoms with van der Waals surface area (Å²) in [5, 5.41) is 9.17. The predicted octanol–water partition coefficient (Wildman–Crippen LogP) is 4.02. The van der Waals surface area contributed by atoms with Crippen LogP contribution in [0.3, 0.4) is 0 Å². The molecule has 0 atom stereocenters. The molecule has 0 aliphatic rings. The van der Waals surface area contributed by atoms with Gasteiger partial charge >= 0.3 is 0 Å². The van der Waals surface area contributed by atoms with Gasteiger partial charge in [0.1, 0.15) is 5.82 Å². The molecule has 25 heavy (non-hydrogen) atoms. The van der Waals surface area contributed by atoms with Gasteiger partial charge in [-0.1, -0.05) is 0 Å². The van der Waals surface area contributed by atoms with Gasteiger partial charge in [0.05, 0.1) is 27.0 Å². The van der Waals surface area contributed by atoms with Crippen LogP contribution in [0.2, 0.25) is 0 Å². The summed E-state index contributed by atoms with van der Waals surface area (Å²) < 4.78 is 13.2. The fourth-order valence-corrected chi connectivity index (χ4v) is 3.75. The fourth-order valence-electron chi connectivity index (χ4n) is 2.32. The highest BCUT2D eigenvalue weighted by molar-refractivity contribution is 9.10. The van der Waals surface area contributed by atoms with Gasteiger partial charge in [0.15, 0.2) is 11.5 Å². The van der Waals surface area contributed by atoms with Crippen molar-refractivity contribution < 1.29 is 14.3 Å². The van der Waals surface area contributed by atoms with Gasteiger partial charge in [-0.15, -0.1) is 11.3 Å². The minimum Gasteiger partial charge on any atom is -0.493 e. The number of amides is 1. The topological polar surface area (TPSA) is 65.4 Å². The Bertz CT molecular complexity index is 891. The zero-order valence-electron chi connectivity index (χ0n) is 13.7. The number of rotatable bonds is 6. The third-order valence-corrected chi connectivity index (χ3v) is 5.21. The number of anilines is 1. The summed E-state index contributed by atoms with van der Waals surface area (Å²) in [7, 11) is 3.09. The Morgan fingerprint density at radius 1 is 1.24 bits per heavy atom. The monoisotopic (exact) mass is 421 g/mol. The number of ether oxygens (including phenoxy) is 2. The van der Waals surface area contributed by atoms with Crippen LogP contribution in [0.25, 0.3) is 0 Å². The quantitative estimate of drug-likeness (QED) is 0.652. The molecule has 3 aromatic rings. The van der Waals surface area contributed by atoms with Crippen LogP contribution in [0, 0.1) is 0 Å². The van der Waals surface area contributed by atoms with E-state index < -0.39 is 0 Å². The molecule has 0 aliphatic carbocycles. The first-order valence-corrected chi connectivity index (χ1v) is 9.06. The number of aromatic nitrogens is 2. The minimum atomic E-state index is -0.241. The van der Waals surface area contributed by atoms with Crippen molar-refractivity contribution >= 4 is 39.0 Å². The lowest BCUT2D eigenvalue weighted by Crippen LogP contribution is -2.16. The first-order valence-electron chi connectivity index (χ1n) is 7.39. The van der Waals surface area contributed by atoms with Crippen LogP contribution < -0.4 is 14.8 Å². The van der Waals surface area contributed by atoms with E-state index in [1.807, 2.05) is 11.4 Å². The van der Waals surface area contributed by atoms with Crippen molar-refractivity contribution in [3.05, 3.63) is 56.8 Å². The maximum absolute atomic E-state index is 12.5. The van der Waals surface area contributed by atoms with Crippen molar-refractivity contribution in [2.45, 2.75) is 6.54 Å². The molecule has 3 rings (SSSR count). The van der Waals surface area contributed by atoms with Crippen molar-refractivity contribution in [3.63, 3.8) is 0 Å². The van der Waals surface area contributed by atoms with Gasteiger partial charge in [0.2, 0.25) is 0 Å². The summed E-state index contributed by atoms with van der Waals surface area (Å²) >= 11 is 5.07. The maximum atomic E-state index is 12.5. The predicted molar refractivity (Wildman–Crippen MR) is 101 cm³/mol. The van der Waals surface area contributed by atoms with Crippen molar-refractivity contribution in [2.24, 2.45) is 0 Å². The van der Waals surface area contributed by atoms with E-state index in [1.54, 1.807) is 53.6 Å². The molecule has 6 nitrogen and oxygen atoms in total. The van der Waals surface area contributed by atoms with Crippen molar-refractivity contribution in [1.29, 1.82) is 0 Å². The molecule has 0 fully saturated rings. The average molecular weight is 422 g/mol. The molecule has 0 saturated heterocycles. The first-order chi connectivity index (χ1) is 12.1. The molecule has 0 bridgehead atoms. The third kappa shape index (κ3) is 4.02. The van der Waals surface area contributed by atoms with Crippen LogP contribution in [0.5, 0.6) is 11.5 Å². The Hall–Kier alpha value is -2.32. The molecule has 1 N–H and O–H groups in total. The van der Waals surface area contributed by atoms with Gasteiger partial charge in [-0.05, 0) is 40.2 Å². The number of hydrogen-bond acceptors (Lipinski definition) is 5. The molecule has 1 amide bonds. The molecule has 1 aromatic carbocycles. The Morgan fingerprint density at radius 3 is 2.72 bits per heavy atom. The van der Waals surface area contributed by atoms with Crippen LogP contribution in [0.1, 0.15) is 15.2 Å². The summed E-state index contributed by atoms with van der Waals surface area (Å²) in [6, 6.07) is 8.83. The number of hydrogen-bond donors (Lipinski definition) is 1. The normalized spacial score (nSPS) is 10.5. The summed E-state index contributed by atoms with van der Waals surface area (Å²) in [4.78, 5) is 13.7. The smallest absolute Gasteiger partial charge is 0.256 e. The Morgan fingerprint density at radius 2 is 2.04 bits per heavy atom. The number of halogens is 1. The molecule has 0 unspecified atom stereocenters. The zero-order valence-corrected chi connectivity index (χ0v) is 16.1. The highest BCUT2D eigenvalue weighted by atomic mass is 79.9. The third-order valence-electron chi connectivity index (χ3n) is 3.53. The van der Waals surface area contributed by atoms with Gasteiger partial charge in [-0.25, -0.2) is 4.68 Å². The number of thiophene rings is 1. The van der Waals surface area contributed by atoms with E-state index in [-0.39, 0.29) is 5.91 Å². The zero-order chi connectivity index (χ0) is 17.8. The minimum absolute atomic E-state index is 0.241. The highest BCUT2D eigenvalue weighted by Crippen LogP contribution is 2.28. The van der Waals surface area contributed by atoms with Gasteiger partial charge in [-0.2, -0.15) is 5.10 Å². The summed E-state index contributed by atoms with van der Waals surface area (Å²) in [6.07, 6.45) is 1.66. The molecule has 0 radical (unpaired) electrons. The van der Waals surface area contributed by atoms with Crippen molar-refractivity contribution in [1.82, 2.24) is 9.78 Å². The highest BCUT2D eigenvalue weighted by Gasteiger charge is 2.13. The Labute approximate surface area is 157 Å². The molecular weight excluding hydrogens is 406 g/mol. The van der Waals surface area contributed by atoms with Gasteiger partial charge in [-0.3, -0.25) is 4.79 Å². The number of carbonyl (C=O) groups is 1. The van der Waals surface area contributed by atoms with E-state index >= 15 is 0 Å². The number of carbonyl (C=O) groups excluding carboxylic acids is 1. The summed E-state index contributed by atoms with van der Waals surface area (Å²) in [5.41, 5.74) is 0.476. The Balaban J connectivity index is 1.76. The second kappa shape index (κ2) is 7.71. The van der Waals surface area contributed by atoms with Crippen molar-refractivity contribution in [2.75, 3.05) is 19.5 Å². The average Bonchev–Trinajstić information content (AvgIpc) is 3.23. The molecule has 130 valence electrons. The van der Waals surface area contributed by atoms with Crippen LogP contribution in [-0.2, 0) is 6.54 Å². The standard InChI is InChI=1S/C17H16BrN3O3S/c1-23-14-4-3-11(7-15(14)24-2)17(22)20-16-5-6-19-21(16)9-13-8-12(18)10-25-13/h3-8,10H,9H2,1-2H3,(H,20,22). The summed E-state index contributed by atoms with van der Waals surface area (Å²) in [5.74, 6) is 1.47. The largest absolute Gasteiger partial charge is 0.493 e. The van der Waals surface area contributed by atoms with E-state index in [0.717, 1.165) is 9.35 Å². The molecule has 0 spiro atoms. The number of methoxy groups -OCH3 is 2. The molecular formula is C17H16BrN3O3S. The van der Waals surface area contributed by atoms with Crippen LogP contribution in [0.15, 0.2) is 46.4 Å². The lowest BCUT2D eigenvalue weighted by atomic mass is 10.2. The van der Waals surface area contributed by atoms with E-state index in [0.29, 0.717) is 29.4 Å². The number of nitrogens with one attached hydrogen (secondary N) is 1. The first kappa shape index (κ1) is 17.5. The van der Waals surface area contributed by atoms with Crippen LogP contribution >= 0.6 is 27.3 Å². The second-order valence-electron chi connectivity index (χ2n) is 5.13.